The van der Waals surface area contributed by atoms with Crippen LogP contribution in [0.15, 0.2) is 6.33 Å². The molecule has 2 saturated heterocycles. The molecule has 4 heterocycles. The van der Waals surface area contributed by atoms with E-state index in [-0.39, 0.29) is 54.7 Å². The molecule has 16 nitrogen and oxygen atoms in total. The first-order valence-corrected chi connectivity index (χ1v) is 15.3. The second kappa shape index (κ2) is 12.4. The lowest BCUT2D eigenvalue weighted by Crippen LogP contribution is -2.47. The standard InChI is InChI=1S/C23H35N6O10PS/c1-6-35-21(31)25-8-7-22(2,3)19(30)41-10-9-36-40(33)37-11-13-15(39-40)23(4,32)18(38-13)29-12-26-14-16(29)27-20(24)28-17(14)34-5/h12-13,15,18,32H,6-11H2,1-5H3,(H,25,31)(H2,24,27,28)/t13-,15-,18-,23-,40-/m1/s1. The van der Waals surface area contributed by atoms with E-state index in [1.54, 1.807) is 20.8 Å². The van der Waals surface area contributed by atoms with Crippen LogP contribution in [-0.4, -0.2) is 92.9 Å². The maximum atomic E-state index is 13.2. The van der Waals surface area contributed by atoms with Gasteiger partial charge < -0.3 is 30.4 Å². The van der Waals surface area contributed by atoms with Gasteiger partial charge in [0.25, 0.3) is 0 Å². The number of ether oxygens (including phenoxy) is 3. The molecule has 2 aromatic heterocycles. The van der Waals surface area contributed by atoms with E-state index in [0.29, 0.717) is 11.9 Å². The molecule has 2 aliphatic heterocycles. The van der Waals surface area contributed by atoms with Gasteiger partial charge in [-0.3, -0.25) is 22.9 Å². The molecule has 0 bridgehead atoms. The van der Waals surface area contributed by atoms with E-state index < -0.39 is 43.4 Å². The number of alkyl carbamates (subject to hydrolysis) is 1. The summed E-state index contributed by atoms with van der Waals surface area (Å²) >= 11 is 1.01. The first-order chi connectivity index (χ1) is 19.3. The predicted molar refractivity (Wildman–Crippen MR) is 146 cm³/mol. The van der Waals surface area contributed by atoms with E-state index in [4.69, 9.17) is 33.5 Å². The van der Waals surface area contributed by atoms with Crippen LogP contribution >= 0.6 is 19.6 Å². The van der Waals surface area contributed by atoms with Crippen LogP contribution in [0.25, 0.3) is 11.2 Å². The van der Waals surface area contributed by atoms with E-state index in [9.17, 15) is 19.3 Å². The number of amides is 1. The fourth-order valence-corrected chi connectivity index (χ4v) is 6.84. The molecule has 41 heavy (non-hydrogen) atoms. The normalized spacial score (nSPS) is 27.9. The molecule has 5 atom stereocenters. The fourth-order valence-electron chi connectivity index (χ4n) is 4.40. The number of nitrogens with one attached hydrogen (secondary N) is 1. The molecule has 4 rings (SSSR count). The summed E-state index contributed by atoms with van der Waals surface area (Å²) in [7, 11) is -2.67. The minimum absolute atomic E-state index is 0.0586. The molecule has 1 amide bonds. The number of rotatable bonds is 11. The Morgan fingerprint density at radius 2 is 2.15 bits per heavy atom. The lowest BCUT2D eigenvalue weighted by atomic mass is 9.91. The Bertz CT molecular complexity index is 1320. The summed E-state index contributed by atoms with van der Waals surface area (Å²) in [6, 6.07) is 0. The molecule has 4 N–H and O–H groups in total. The Morgan fingerprint density at radius 1 is 1.39 bits per heavy atom. The zero-order valence-electron chi connectivity index (χ0n) is 23.4. The minimum Gasteiger partial charge on any atom is -0.479 e. The van der Waals surface area contributed by atoms with Crippen molar-refractivity contribution in [2.24, 2.45) is 5.41 Å². The van der Waals surface area contributed by atoms with Crippen molar-refractivity contribution in [3.63, 3.8) is 0 Å². The van der Waals surface area contributed by atoms with Gasteiger partial charge in [-0.25, -0.2) is 14.3 Å². The number of carbonyl (C=O) groups excluding carboxylic acids is 2. The van der Waals surface area contributed by atoms with Gasteiger partial charge in [-0.05, 0) is 20.3 Å². The van der Waals surface area contributed by atoms with Crippen molar-refractivity contribution in [1.29, 1.82) is 0 Å². The molecule has 2 aromatic rings. The second-order valence-corrected chi connectivity index (χ2v) is 12.9. The number of methoxy groups -OCH3 is 1. The van der Waals surface area contributed by atoms with E-state index in [1.165, 1.54) is 24.9 Å². The molecule has 0 saturated carbocycles. The van der Waals surface area contributed by atoms with Crippen LogP contribution in [-0.2, 0) is 32.4 Å². The molecule has 0 aromatic carbocycles. The SMILES string of the molecule is CCOC(=O)NCCC(C)(C)C(=O)SCCO[P@]1(=O)OC[C@H]2O[C@@H](n3cnc4c(OC)nc(N)nc43)[C@](C)(O)[C@@H]2O1. The molecule has 2 fully saturated rings. The average molecular weight is 619 g/mol. The highest BCUT2D eigenvalue weighted by atomic mass is 32.2. The van der Waals surface area contributed by atoms with Crippen LogP contribution in [0.1, 0.15) is 40.3 Å². The van der Waals surface area contributed by atoms with Crippen LogP contribution in [0.5, 0.6) is 5.88 Å². The van der Waals surface area contributed by atoms with Gasteiger partial charge in [-0.15, -0.1) is 0 Å². The van der Waals surface area contributed by atoms with Crippen molar-refractivity contribution in [1.82, 2.24) is 24.8 Å². The van der Waals surface area contributed by atoms with E-state index in [0.717, 1.165) is 11.8 Å². The Morgan fingerprint density at radius 3 is 2.85 bits per heavy atom. The third kappa shape index (κ3) is 6.77. The van der Waals surface area contributed by atoms with Crippen molar-refractivity contribution in [3.05, 3.63) is 6.33 Å². The maximum absolute atomic E-state index is 13.2. The average Bonchev–Trinajstić information content (AvgIpc) is 3.43. The molecule has 0 aliphatic carbocycles. The van der Waals surface area contributed by atoms with Crippen molar-refractivity contribution >= 4 is 47.9 Å². The van der Waals surface area contributed by atoms with Gasteiger partial charge in [0.2, 0.25) is 11.8 Å². The number of hydrogen-bond acceptors (Lipinski definition) is 15. The minimum atomic E-state index is -4.09. The van der Waals surface area contributed by atoms with Gasteiger partial charge in [-0.1, -0.05) is 25.6 Å². The third-order valence-corrected chi connectivity index (χ3v) is 9.26. The quantitative estimate of drug-likeness (QED) is 0.243. The smallest absolute Gasteiger partial charge is 0.475 e. The van der Waals surface area contributed by atoms with Gasteiger partial charge in [0.1, 0.15) is 17.8 Å². The number of hydrogen-bond donors (Lipinski definition) is 3. The predicted octanol–water partition coefficient (Wildman–Crippen LogP) is 2.03. The number of aliphatic hydroxyl groups is 1. The fraction of sp³-hybridized carbons (Fsp3) is 0.696. The number of nitrogen functional groups attached to an aromatic ring is 1. The summed E-state index contributed by atoms with van der Waals surface area (Å²) in [5.74, 6) is 0.279. The summed E-state index contributed by atoms with van der Waals surface area (Å²) in [6.45, 7) is 6.96. The largest absolute Gasteiger partial charge is 0.479 e. The highest BCUT2D eigenvalue weighted by Gasteiger charge is 2.60. The molecule has 2 aliphatic rings. The molecule has 228 valence electrons. The van der Waals surface area contributed by atoms with Gasteiger partial charge in [0, 0.05) is 17.7 Å². The maximum Gasteiger partial charge on any atom is 0.475 e. The molecular formula is C23H35N6O10PS. The third-order valence-electron chi connectivity index (χ3n) is 6.62. The Hall–Kier alpha value is -2.53. The van der Waals surface area contributed by atoms with Crippen LogP contribution in [0.3, 0.4) is 0 Å². The Balaban J connectivity index is 1.33. The number of carbonyl (C=O) groups is 2. The van der Waals surface area contributed by atoms with Gasteiger partial charge in [0.05, 0.1) is 33.3 Å². The van der Waals surface area contributed by atoms with Gasteiger partial charge in [-0.2, -0.15) is 9.97 Å². The number of imidazole rings is 1. The van der Waals surface area contributed by atoms with Crippen LogP contribution in [0.4, 0.5) is 10.7 Å². The number of phosphoric acid groups is 1. The van der Waals surface area contributed by atoms with Crippen molar-refractivity contribution in [3.8, 4) is 5.88 Å². The summed E-state index contributed by atoms with van der Waals surface area (Å²) < 4.78 is 47.3. The Labute approximate surface area is 240 Å². The zero-order valence-corrected chi connectivity index (χ0v) is 25.1. The number of nitrogens with zero attached hydrogens (tertiary/aromatic N) is 4. The molecule has 0 unspecified atom stereocenters. The van der Waals surface area contributed by atoms with Crippen LogP contribution in [0.2, 0.25) is 0 Å². The lowest BCUT2D eigenvalue weighted by molar-refractivity contribution is -0.118. The highest BCUT2D eigenvalue weighted by Crippen LogP contribution is 2.59. The van der Waals surface area contributed by atoms with E-state index >= 15 is 0 Å². The topological polar surface area (TPSA) is 208 Å². The second-order valence-electron chi connectivity index (χ2n) is 10.2. The summed E-state index contributed by atoms with van der Waals surface area (Å²) in [6.07, 6.45) is -1.64. The molecule has 0 radical (unpaired) electrons. The first kappa shape index (κ1) is 31.4. The van der Waals surface area contributed by atoms with E-state index in [1.807, 2.05) is 0 Å². The number of fused-ring (bicyclic) bond motifs is 2. The summed E-state index contributed by atoms with van der Waals surface area (Å²) in [5, 5.41) is 13.9. The number of anilines is 1. The van der Waals surface area contributed by atoms with Crippen LogP contribution in [0, 0.1) is 5.41 Å². The number of nitrogens with two attached hydrogens (primary N) is 1. The number of phosphoric ester groups is 1. The lowest BCUT2D eigenvalue weighted by Gasteiger charge is -2.35. The van der Waals surface area contributed by atoms with Crippen molar-refractivity contribution in [2.45, 2.75) is 58.2 Å². The van der Waals surface area contributed by atoms with Crippen molar-refractivity contribution in [2.75, 3.05) is 45.0 Å². The van der Waals surface area contributed by atoms with Crippen LogP contribution < -0.4 is 15.8 Å². The number of aromatic nitrogens is 4. The summed E-state index contributed by atoms with van der Waals surface area (Å²) in [5.41, 5.74) is 3.94. The van der Waals surface area contributed by atoms with Crippen molar-refractivity contribution < 1.29 is 47.0 Å². The number of thioether (sulfide) groups is 1. The van der Waals surface area contributed by atoms with E-state index in [2.05, 4.69) is 20.3 Å². The molecule has 18 heteroatoms. The molecular weight excluding hydrogens is 583 g/mol. The highest BCUT2D eigenvalue weighted by molar-refractivity contribution is 8.13. The van der Waals surface area contributed by atoms with Gasteiger partial charge >= 0.3 is 13.9 Å². The zero-order chi connectivity index (χ0) is 30.0. The first-order valence-electron chi connectivity index (χ1n) is 12.9. The van der Waals surface area contributed by atoms with Gasteiger partial charge in [0.15, 0.2) is 22.5 Å². The Kier molecular flexibility index (Phi) is 9.48. The molecule has 0 spiro atoms. The monoisotopic (exact) mass is 618 g/mol. The summed E-state index contributed by atoms with van der Waals surface area (Å²) in [4.78, 5) is 36.6.